The Labute approximate surface area is 185 Å². The first-order valence-electron chi connectivity index (χ1n) is 10.1. The average molecular weight is 439 g/mol. The molecule has 0 amide bonds. The fraction of sp³-hybridized carbons (Fsp3) is 0.227. The smallest absolute Gasteiger partial charge is 0.355 e. The van der Waals surface area contributed by atoms with Crippen LogP contribution in [0.5, 0.6) is 0 Å². The zero-order valence-electron chi connectivity index (χ0n) is 17.0. The molecule has 2 heterocycles. The van der Waals surface area contributed by atoms with E-state index in [2.05, 4.69) is 34.0 Å². The number of nitrogens with one attached hydrogen (secondary N) is 2. The molecule has 0 radical (unpaired) electrons. The van der Waals surface area contributed by atoms with Gasteiger partial charge in [0.2, 0.25) is 0 Å². The zero-order chi connectivity index (χ0) is 21.8. The number of carboxylic acid groups (broad SMARTS) is 1. The van der Waals surface area contributed by atoms with Crippen molar-refractivity contribution < 1.29 is 9.90 Å². The van der Waals surface area contributed by atoms with E-state index in [4.69, 9.17) is 11.6 Å². The minimum Gasteiger partial charge on any atom is -0.476 e. The van der Waals surface area contributed by atoms with Gasteiger partial charge in [-0.25, -0.2) is 15.3 Å². The Bertz CT molecular complexity index is 1110. The van der Waals surface area contributed by atoms with Crippen LogP contribution in [0.3, 0.4) is 0 Å². The number of hydrazone groups is 1. The minimum absolute atomic E-state index is 0.00974. The largest absolute Gasteiger partial charge is 0.476 e. The first-order valence-corrected chi connectivity index (χ1v) is 10.4. The standard InChI is InChI=1S/C22H23ClN6O2/c1-2-3-12-29-26-21(25-27-29)18-7-5-4-6-17(18)16-10-8-15(9-11-16)13-28-14-24-20(23)19(28)22(30)31/h4-11,14,27H,2-3,12-13H2,1H3,(H,25,26)(H,30,31). The molecule has 2 aromatic carbocycles. The monoisotopic (exact) mass is 438 g/mol. The number of carboxylic acids is 1. The minimum atomic E-state index is -1.10. The van der Waals surface area contributed by atoms with Gasteiger partial charge in [-0.1, -0.05) is 73.5 Å². The first-order chi connectivity index (χ1) is 15.1. The van der Waals surface area contributed by atoms with Gasteiger partial charge in [0.25, 0.3) is 0 Å². The van der Waals surface area contributed by atoms with Gasteiger partial charge in [0.1, 0.15) is 0 Å². The average Bonchev–Trinajstić information content (AvgIpc) is 3.39. The van der Waals surface area contributed by atoms with Crippen LogP contribution in [-0.4, -0.2) is 38.1 Å². The summed E-state index contributed by atoms with van der Waals surface area (Å²) in [4.78, 5) is 15.3. The van der Waals surface area contributed by atoms with Gasteiger partial charge >= 0.3 is 5.97 Å². The van der Waals surface area contributed by atoms with Gasteiger partial charge < -0.3 is 9.67 Å². The number of hydrogen-bond donors (Lipinski definition) is 3. The molecule has 1 aromatic heterocycles. The molecule has 0 atom stereocenters. The SMILES string of the molecule is CCCCN1NN=C(c2ccccc2-c2ccc(Cn3cnc(Cl)c3C(=O)O)cc2)N1. The van der Waals surface area contributed by atoms with E-state index in [1.54, 1.807) is 0 Å². The van der Waals surface area contributed by atoms with E-state index in [1.807, 2.05) is 47.6 Å². The molecule has 160 valence electrons. The van der Waals surface area contributed by atoms with Crippen molar-refractivity contribution in [3.05, 3.63) is 76.8 Å². The molecule has 0 unspecified atom stereocenters. The molecule has 31 heavy (non-hydrogen) atoms. The summed E-state index contributed by atoms with van der Waals surface area (Å²) in [5.41, 5.74) is 10.3. The fourth-order valence-electron chi connectivity index (χ4n) is 3.45. The van der Waals surface area contributed by atoms with Crippen molar-refractivity contribution >= 4 is 23.4 Å². The maximum atomic E-state index is 11.4. The van der Waals surface area contributed by atoms with Crippen LogP contribution in [0, 0.1) is 0 Å². The van der Waals surface area contributed by atoms with E-state index in [9.17, 15) is 9.90 Å². The van der Waals surface area contributed by atoms with Gasteiger partial charge in [0.15, 0.2) is 16.7 Å². The van der Waals surface area contributed by atoms with Crippen molar-refractivity contribution in [2.75, 3.05) is 6.54 Å². The summed E-state index contributed by atoms with van der Waals surface area (Å²) >= 11 is 5.89. The number of rotatable bonds is 8. The maximum absolute atomic E-state index is 11.4. The number of hydrogen-bond acceptors (Lipinski definition) is 6. The van der Waals surface area contributed by atoms with Crippen molar-refractivity contribution in [2.24, 2.45) is 5.10 Å². The molecular weight excluding hydrogens is 416 g/mol. The van der Waals surface area contributed by atoms with Gasteiger partial charge in [0, 0.05) is 18.7 Å². The highest BCUT2D eigenvalue weighted by molar-refractivity contribution is 6.32. The fourth-order valence-corrected chi connectivity index (χ4v) is 3.68. The third kappa shape index (κ3) is 4.55. The second-order valence-electron chi connectivity index (χ2n) is 7.24. The van der Waals surface area contributed by atoms with Gasteiger partial charge in [-0.3, -0.25) is 5.43 Å². The number of nitrogens with zero attached hydrogens (tertiary/aromatic N) is 4. The number of hydrazine groups is 2. The lowest BCUT2D eigenvalue weighted by atomic mass is 9.98. The Kier molecular flexibility index (Phi) is 6.20. The third-order valence-electron chi connectivity index (χ3n) is 5.05. The van der Waals surface area contributed by atoms with Crippen molar-refractivity contribution in [3.63, 3.8) is 0 Å². The highest BCUT2D eigenvalue weighted by Crippen LogP contribution is 2.25. The number of benzene rings is 2. The summed E-state index contributed by atoms with van der Waals surface area (Å²) in [5.74, 6) is -0.325. The van der Waals surface area contributed by atoms with Crippen LogP contribution >= 0.6 is 11.6 Å². The van der Waals surface area contributed by atoms with Gasteiger partial charge in [0.05, 0.1) is 6.33 Å². The topological polar surface area (TPSA) is 94.8 Å². The quantitative estimate of drug-likeness (QED) is 0.496. The van der Waals surface area contributed by atoms with Crippen LogP contribution in [0.15, 0.2) is 60.0 Å². The number of amidine groups is 1. The highest BCUT2D eigenvalue weighted by Gasteiger charge is 2.19. The van der Waals surface area contributed by atoms with Crippen molar-refractivity contribution in [2.45, 2.75) is 26.3 Å². The number of halogens is 1. The second-order valence-corrected chi connectivity index (χ2v) is 7.59. The third-order valence-corrected chi connectivity index (χ3v) is 5.33. The molecule has 0 fully saturated rings. The lowest BCUT2D eigenvalue weighted by Gasteiger charge is -2.16. The summed E-state index contributed by atoms with van der Waals surface area (Å²) in [5, 5.41) is 15.6. The summed E-state index contributed by atoms with van der Waals surface area (Å²) in [6, 6.07) is 16.1. The van der Waals surface area contributed by atoms with Crippen LogP contribution in [-0.2, 0) is 6.54 Å². The van der Waals surface area contributed by atoms with Crippen LogP contribution in [0.2, 0.25) is 5.15 Å². The number of unbranched alkanes of at least 4 members (excludes halogenated alkanes) is 1. The Balaban J connectivity index is 1.54. The van der Waals surface area contributed by atoms with Crippen LogP contribution in [0.25, 0.3) is 11.1 Å². The maximum Gasteiger partial charge on any atom is 0.355 e. The number of imidazole rings is 1. The van der Waals surface area contributed by atoms with Crippen LogP contribution in [0.1, 0.15) is 41.4 Å². The molecule has 0 spiro atoms. The van der Waals surface area contributed by atoms with Gasteiger partial charge in [-0.15, -0.1) is 10.2 Å². The molecule has 4 rings (SSSR count). The molecule has 8 nitrogen and oxygen atoms in total. The number of aromatic carboxylic acids is 1. The molecule has 0 saturated carbocycles. The van der Waals surface area contributed by atoms with Crippen molar-refractivity contribution in [1.82, 2.24) is 25.6 Å². The molecule has 3 N–H and O–H groups in total. The zero-order valence-corrected chi connectivity index (χ0v) is 17.8. The molecule has 0 saturated heterocycles. The summed E-state index contributed by atoms with van der Waals surface area (Å²) in [7, 11) is 0. The molecule has 1 aliphatic rings. The lowest BCUT2D eigenvalue weighted by Crippen LogP contribution is -2.42. The summed E-state index contributed by atoms with van der Waals surface area (Å²) in [6.07, 6.45) is 3.62. The molecule has 3 aromatic rings. The first kappa shape index (κ1) is 20.9. The van der Waals surface area contributed by atoms with E-state index >= 15 is 0 Å². The van der Waals surface area contributed by atoms with Crippen LogP contribution in [0.4, 0.5) is 0 Å². The Morgan fingerprint density at radius 2 is 1.87 bits per heavy atom. The van der Waals surface area contributed by atoms with E-state index in [1.165, 1.54) is 10.9 Å². The van der Waals surface area contributed by atoms with E-state index in [-0.39, 0.29) is 10.8 Å². The lowest BCUT2D eigenvalue weighted by molar-refractivity contribution is 0.0686. The summed E-state index contributed by atoms with van der Waals surface area (Å²) < 4.78 is 1.53. The van der Waals surface area contributed by atoms with Crippen molar-refractivity contribution in [3.8, 4) is 11.1 Å². The van der Waals surface area contributed by atoms with E-state index in [0.717, 1.165) is 47.5 Å². The Hall–Kier alpha value is -3.36. The molecule has 9 heteroatoms. The van der Waals surface area contributed by atoms with E-state index in [0.29, 0.717) is 6.54 Å². The van der Waals surface area contributed by atoms with E-state index < -0.39 is 5.97 Å². The predicted molar refractivity (Wildman–Crippen MR) is 120 cm³/mol. The Morgan fingerprint density at radius 1 is 1.13 bits per heavy atom. The molecule has 0 aliphatic carbocycles. The molecular formula is C22H23ClN6O2. The van der Waals surface area contributed by atoms with Gasteiger partial charge in [-0.05, 0) is 23.1 Å². The molecule has 0 bridgehead atoms. The normalized spacial score (nSPS) is 13.5. The highest BCUT2D eigenvalue weighted by atomic mass is 35.5. The van der Waals surface area contributed by atoms with Gasteiger partial charge in [-0.2, -0.15) is 0 Å². The van der Waals surface area contributed by atoms with Crippen LogP contribution < -0.4 is 11.0 Å². The second kappa shape index (κ2) is 9.20. The summed E-state index contributed by atoms with van der Waals surface area (Å²) in [6.45, 7) is 3.38. The molecule has 1 aliphatic heterocycles. The van der Waals surface area contributed by atoms with Crippen molar-refractivity contribution in [1.29, 1.82) is 0 Å². The predicted octanol–water partition coefficient (Wildman–Crippen LogP) is 3.74. The number of carbonyl (C=O) groups is 1. The Morgan fingerprint density at radius 3 is 2.58 bits per heavy atom. The number of aromatic nitrogens is 2.